The van der Waals surface area contributed by atoms with Gasteiger partial charge in [0.15, 0.2) is 15.5 Å². The normalized spacial score (nSPS) is 17.3. The largest absolute Gasteiger partial charge is 0.497 e. The molecule has 1 atom stereocenters. The second-order valence-corrected chi connectivity index (χ2v) is 13.1. The number of nitrogens with zero attached hydrogens (tertiary/aromatic N) is 1. The number of halogens is 2. The molecule has 0 radical (unpaired) electrons. The van der Waals surface area contributed by atoms with Crippen LogP contribution in [-0.4, -0.2) is 78.9 Å². The van der Waals surface area contributed by atoms with E-state index in [1.54, 1.807) is 30.3 Å². The Morgan fingerprint density at radius 2 is 1.79 bits per heavy atom. The maximum atomic E-state index is 15.7. The van der Waals surface area contributed by atoms with E-state index in [1.165, 1.54) is 32.4 Å². The fourth-order valence-corrected chi connectivity index (χ4v) is 6.40. The number of ether oxygens (including phenoxy) is 2. The first-order chi connectivity index (χ1) is 17.8. The third-order valence-corrected chi connectivity index (χ3v) is 9.05. The molecule has 0 unspecified atom stereocenters. The standard InChI is InChI=1S/C25H30ClFN2O7S2/c1-35-17-18(10-15-37(3,31)32)28-24(30)25(27)11-13-29(14-12-25)38(33,34)23-9-8-19(36-2)16-21(23)20-6-4-5-7-22(20)26/h4-10,15-16,18H,11-14,17H2,1-3H3,(H,28,30)/b15-10-/t18-/m1/s1. The van der Waals surface area contributed by atoms with Gasteiger partial charge in [-0.1, -0.05) is 29.8 Å². The van der Waals surface area contributed by atoms with Crippen molar-refractivity contribution in [2.75, 3.05) is 40.2 Å². The van der Waals surface area contributed by atoms with Crippen LogP contribution in [0.4, 0.5) is 4.39 Å². The van der Waals surface area contributed by atoms with Gasteiger partial charge < -0.3 is 14.8 Å². The lowest BCUT2D eigenvalue weighted by molar-refractivity contribution is -0.136. The Kier molecular flexibility index (Phi) is 9.58. The fraction of sp³-hybridized carbons (Fsp3) is 0.400. The van der Waals surface area contributed by atoms with E-state index in [9.17, 15) is 21.6 Å². The summed E-state index contributed by atoms with van der Waals surface area (Å²) >= 11 is 6.36. The summed E-state index contributed by atoms with van der Waals surface area (Å²) in [6.07, 6.45) is 1.43. The summed E-state index contributed by atoms with van der Waals surface area (Å²) in [5, 5.41) is 3.71. The van der Waals surface area contributed by atoms with Crippen molar-refractivity contribution in [3.8, 4) is 16.9 Å². The molecule has 208 valence electrons. The van der Waals surface area contributed by atoms with Gasteiger partial charge in [0.2, 0.25) is 10.0 Å². The van der Waals surface area contributed by atoms with Gasteiger partial charge in [-0.2, -0.15) is 4.31 Å². The molecule has 1 aliphatic rings. The van der Waals surface area contributed by atoms with Gasteiger partial charge in [0.1, 0.15) is 5.75 Å². The van der Waals surface area contributed by atoms with Crippen LogP contribution in [-0.2, 0) is 29.4 Å². The van der Waals surface area contributed by atoms with Crippen molar-refractivity contribution >= 4 is 37.4 Å². The summed E-state index contributed by atoms with van der Waals surface area (Å²) in [7, 11) is -4.74. The number of benzene rings is 2. The quantitative estimate of drug-likeness (QED) is 0.453. The summed E-state index contributed by atoms with van der Waals surface area (Å²) in [6.45, 7) is -0.556. The molecule has 1 fully saturated rings. The highest BCUT2D eigenvalue weighted by molar-refractivity contribution is 7.93. The Hall–Kier alpha value is -2.51. The molecule has 1 aliphatic heterocycles. The van der Waals surface area contributed by atoms with Crippen LogP contribution >= 0.6 is 11.6 Å². The van der Waals surface area contributed by atoms with Crippen LogP contribution in [0.3, 0.4) is 0 Å². The summed E-state index contributed by atoms with van der Waals surface area (Å²) < 4.78 is 77.2. The lowest BCUT2D eigenvalue weighted by Crippen LogP contribution is -2.54. The third-order valence-electron chi connectivity index (χ3n) is 6.11. The molecule has 1 N–H and O–H groups in total. The maximum absolute atomic E-state index is 15.7. The molecule has 38 heavy (non-hydrogen) atoms. The third kappa shape index (κ3) is 7.11. The van der Waals surface area contributed by atoms with Crippen molar-refractivity contribution in [3.63, 3.8) is 0 Å². The molecule has 1 amide bonds. The van der Waals surface area contributed by atoms with Gasteiger partial charge in [0, 0.05) is 60.9 Å². The average molecular weight is 589 g/mol. The molecule has 0 aliphatic carbocycles. The van der Waals surface area contributed by atoms with Crippen LogP contribution in [0.2, 0.25) is 5.02 Å². The maximum Gasteiger partial charge on any atom is 0.258 e. The van der Waals surface area contributed by atoms with Gasteiger partial charge in [-0.3, -0.25) is 4.79 Å². The number of carbonyl (C=O) groups is 1. The fourth-order valence-electron chi connectivity index (χ4n) is 4.06. The lowest BCUT2D eigenvalue weighted by Gasteiger charge is -2.35. The predicted molar refractivity (Wildman–Crippen MR) is 143 cm³/mol. The molecule has 2 aromatic rings. The number of amides is 1. The zero-order valence-corrected chi connectivity index (χ0v) is 23.6. The van der Waals surface area contributed by atoms with Crippen LogP contribution in [0.15, 0.2) is 58.8 Å². The van der Waals surface area contributed by atoms with Gasteiger partial charge in [-0.15, -0.1) is 0 Å². The van der Waals surface area contributed by atoms with Gasteiger partial charge in [0.05, 0.1) is 24.7 Å². The molecule has 1 saturated heterocycles. The molecule has 0 spiro atoms. The van der Waals surface area contributed by atoms with Crippen LogP contribution in [0.25, 0.3) is 11.1 Å². The highest BCUT2D eigenvalue weighted by Gasteiger charge is 2.45. The number of nitrogens with one attached hydrogen (secondary N) is 1. The van der Waals surface area contributed by atoms with Gasteiger partial charge in [-0.25, -0.2) is 21.2 Å². The number of sulfone groups is 1. The van der Waals surface area contributed by atoms with Gasteiger partial charge in [-0.05, 0) is 30.3 Å². The Morgan fingerprint density at radius 3 is 2.37 bits per heavy atom. The van der Waals surface area contributed by atoms with E-state index in [4.69, 9.17) is 21.1 Å². The zero-order chi connectivity index (χ0) is 28.1. The minimum Gasteiger partial charge on any atom is -0.497 e. The number of sulfonamides is 1. The first kappa shape index (κ1) is 30.0. The summed E-state index contributed by atoms with van der Waals surface area (Å²) in [4.78, 5) is 12.8. The second kappa shape index (κ2) is 12.1. The Labute approximate surface area is 227 Å². The average Bonchev–Trinajstić information content (AvgIpc) is 2.87. The summed E-state index contributed by atoms with van der Waals surface area (Å²) in [5.74, 6) is -0.525. The number of hydrogen-bond acceptors (Lipinski definition) is 7. The second-order valence-electron chi connectivity index (χ2n) is 8.90. The molecule has 0 bridgehead atoms. The van der Waals surface area contributed by atoms with Crippen molar-refractivity contribution in [2.24, 2.45) is 0 Å². The van der Waals surface area contributed by atoms with Gasteiger partial charge >= 0.3 is 0 Å². The van der Waals surface area contributed by atoms with E-state index >= 15 is 4.39 Å². The monoisotopic (exact) mass is 588 g/mol. The number of piperidine rings is 1. The van der Waals surface area contributed by atoms with Crippen LogP contribution in [0.5, 0.6) is 5.75 Å². The number of alkyl halides is 1. The molecule has 3 rings (SSSR count). The highest BCUT2D eigenvalue weighted by Crippen LogP contribution is 2.38. The number of hydrogen-bond donors (Lipinski definition) is 1. The van der Waals surface area contributed by atoms with Crippen molar-refractivity contribution in [3.05, 3.63) is 59.0 Å². The Morgan fingerprint density at radius 1 is 1.13 bits per heavy atom. The van der Waals surface area contributed by atoms with Crippen LogP contribution in [0, 0.1) is 0 Å². The smallest absolute Gasteiger partial charge is 0.258 e. The van der Waals surface area contributed by atoms with Crippen molar-refractivity contribution in [2.45, 2.75) is 29.4 Å². The first-order valence-electron chi connectivity index (χ1n) is 11.6. The van der Waals surface area contributed by atoms with Crippen LogP contribution < -0.4 is 10.1 Å². The van der Waals surface area contributed by atoms with Crippen molar-refractivity contribution in [1.82, 2.24) is 9.62 Å². The Bertz CT molecular complexity index is 1410. The van der Waals surface area contributed by atoms with E-state index in [0.717, 1.165) is 16.0 Å². The van der Waals surface area contributed by atoms with Crippen LogP contribution in [0.1, 0.15) is 12.8 Å². The molecule has 1 heterocycles. The lowest BCUT2D eigenvalue weighted by atomic mass is 9.93. The predicted octanol–water partition coefficient (Wildman–Crippen LogP) is 3.20. The number of carbonyl (C=O) groups excluding carboxylic acids is 1. The van der Waals surface area contributed by atoms with E-state index in [0.29, 0.717) is 21.9 Å². The van der Waals surface area contributed by atoms with Crippen molar-refractivity contribution in [1.29, 1.82) is 0 Å². The van der Waals surface area contributed by atoms with E-state index in [2.05, 4.69) is 5.32 Å². The topological polar surface area (TPSA) is 119 Å². The minimum absolute atomic E-state index is 0.0201. The summed E-state index contributed by atoms with van der Waals surface area (Å²) in [6, 6.07) is 10.4. The number of rotatable bonds is 10. The number of methoxy groups -OCH3 is 2. The zero-order valence-electron chi connectivity index (χ0n) is 21.2. The molecule has 0 saturated carbocycles. The van der Waals surface area contributed by atoms with E-state index in [-0.39, 0.29) is 37.4 Å². The van der Waals surface area contributed by atoms with E-state index in [1.807, 2.05) is 0 Å². The molecule has 9 nitrogen and oxygen atoms in total. The SMILES string of the molecule is COC[C@@H](/C=C\S(C)(=O)=O)NC(=O)C1(F)CCN(S(=O)(=O)c2ccc(OC)cc2-c2ccccc2Cl)CC1. The van der Waals surface area contributed by atoms with Gasteiger partial charge in [0.25, 0.3) is 5.91 Å². The molecule has 0 aromatic heterocycles. The molecular formula is C25H30ClFN2O7S2. The molecular weight excluding hydrogens is 559 g/mol. The van der Waals surface area contributed by atoms with E-state index < -0.39 is 37.5 Å². The highest BCUT2D eigenvalue weighted by atomic mass is 35.5. The molecule has 13 heteroatoms. The minimum atomic E-state index is -4.09. The Balaban J connectivity index is 1.82. The summed E-state index contributed by atoms with van der Waals surface area (Å²) in [5.41, 5.74) is -1.51. The first-order valence-corrected chi connectivity index (χ1v) is 15.4. The van der Waals surface area contributed by atoms with Crippen molar-refractivity contribution < 1.29 is 35.5 Å². The molecule has 2 aromatic carbocycles.